The summed E-state index contributed by atoms with van der Waals surface area (Å²) >= 11 is 0. The van der Waals surface area contributed by atoms with E-state index in [4.69, 9.17) is 4.99 Å². The first-order valence-corrected chi connectivity index (χ1v) is 15.1. The van der Waals surface area contributed by atoms with Gasteiger partial charge in [0, 0.05) is 53.2 Å². The molecule has 1 fully saturated rings. The Bertz CT molecular complexity index is 2150. The summed E-state index contributed by atoms with van der Waals surface area (Å²) in [5.41, 5.74) is 0.808. The van der Waals surface area contributed by atoms with Crippen LogP contribution in [0.25, 0.3) is 16.6 Å². The van der Waals surface area contributed by atoms with Gasteiger partial charge in [-0.2, -0.15) is 13.2 Å². The number of carbonyl (C=O) groups excluding carboxylic acids is 2. The number of allylic oxidation sites excluding steroid dienone is 2. The lowest BCUT2D eigenvalue weighted by Gasteiger charge is -2.24. The standard InChI is InChI=1S/C34H29F5N6O2/c1-17-15-40-27-21(22-14-19(34(37,38)39)16-45-11-7-20(17)30(22)45)5-6-25-29(27)44-32(42-25)31(47)18-12-23(35)28(24(36)13-18)43-26(46)4-3-10-41-33(2)8-9-33/h3-7,11-14,17,41H,8-10,15-16H2,1-2H3,(H,42,44)(H,43,46)/b4-3+,22-21?,40-27?. The van der Waals surface area contributed by atoms with Crippen LogP contribution in [-0.4, -0.2) is 51.0 Å². The Kier molecular flexibility index (Phi) is 7.27. The molecule has 8 nitrogen and oxygen atoms in total. The Balaban J connectivity index is 1.23. The Labute approximate surface area is 264 Å². The van der Waals surface area contributed by atoms with E-state index in [2.05, 4.69) is 27.5 Å². The molecule has 1 aliphatic carbocycles. The van der Waals surface area contributed by atoms with Crippen LogP contribution in [0.1, 0.15) is 60.0 Å². The molecule has 2 aromatic heterocycles. The number of anilines is 1. The highest BCUT2D eigenvalue weighted by Crippen LogP contribution is 2.37. The van der Waals surface area contributed by atoms with E-state index in [9.17, 15) is 22.8 Å². The molecule has 1 atom stereocenters. The molecule has 0 bridgehead atoms. The third kappa shape index (κ3) is 5.69. The van der Waals surface area contributed by atoms with Gasteiger partial charge in [0.15, 0.2) is 5.82 Å². The van der Waals surface area contributed by atoms with Crippen LogP contribution in [0.2, 0.25) is 0 Å². The maximum absolute atomic E-state index is 15.0. The molecule has 4 heterocycles. The molecule has 242 valence electrons. The molecule has 1 saturated carbocycles. The number of nitrogens with one attached hydrogen (secondary N) is 3. The number of H-pyrrole nitrogens is 1. The fraction of sp³-hybridized carbons (Fsp3) is 0.294. The van der Waals surface area contributed by atoms with Gasteiger partial charge < -0.3 is 20.2 Å². The van der Waals surface area contributed by atoms with Gasteiger partial charge in [0.25, 0.3) is 0 Å². The highest BCUT2D eigenvalue weighted by molar-refractivity contribution is 6.08. The molecule has 0 spiro atoms. The van der Waals surface area contributed by atoms with Crippen molar-refractivity contribution in [3.05, 3.63) is 105 Å². The zero-order valence-corrected chi connectivity index (χ0v) is 25.4. The predicted octanol–water partition coefficient (Wildman–Crippen LogP) is 4.95. The number of fused-ring (bicyclic) bond motifs is 3. The number of alkyl halides is 3. The second-order valence-corrected chi connectivity index (χ2v) is 12.5. The molecule has 1 unspecified atom stereocenters. The van der Waals surface area contributed by atoms with Crippen molar-refractivity contribution < 1.29 is 31.5 Å². The van der Waals surface area contributed by atoms with E-state index in [1.54, 1.807) is 29.0 Å². The third-order valence-electron chi connectivity index (χ3n) is 8.93. The smallest absolute Gasteiger partial charge is 0.343 e. The second-order valence-electron chi connectivity index (χ2n) is 12.5. The molecule has 13 heteroatoms. The average Bonchev–Trinajstić information content (AvgIpc) is 3.39. The van der Waals surface area contributed by atoms with Crippen molar-refractivity contribution in [2.24, 2.45) is 4.99 Å². The van der Waals surface area contributed by atoms with Gasteiger partial charge in [-0.25, -0.2) is 13.8 Å². The first kappa shape index (κ1) is 30.7. The van der Waals surface area contributed by atoms with Crippen LogP contribution in [0.5, 0.6) is 0 Å². The Morgan fingerprint density at radius 1 is 1.15 bits per heavy atom. The number of nitrogens with zero attached hydrogens (tertiary/aromatic N) is 3. The minimum atomic E-state index is -4.54. The first-order chi connectivity index (χ1) is 22.3. The summed E-state index contributed by atoms with van der Waals surface area (Å²) in [6, 6.07) is 6.64. The van der Waals surface area contributed by atoms with Gasteiger partial charge in [-0.05, 0) is 61.7 Å². The number of rotatable bonds is 7. The molecule has 0 radical (unpaired) electrons. The number of hydrogen-bond donors (Lipinski definition) is 3. The van der Waals surface area contributed by atoms with Crippen LogP contribution in [-0.2, 0) is 11.3 Å². The summed E-state index contributed by atoms with van der Waals surface area (Å²) in [6.07, 6.45) is 3.05. The second kappa shape index (κ2) is 11.1. The van der Waals surface area contributed by atoms with E-state index >= 15 is 8.78 Å². The van der Waals surface area contributed by atoms with Gasteiger partial charge in [0.1, 0.15) is 22.8 Å². The van der Waals surface area contributed by atoms with E-state index in [0.717, 1.165) is 36.6 Å². The molecule has 2 aliphatic heterocycles. The molecule has 47 heavy (non-hydrogen) atoms. The van der Waals surface area contributed by atoms with E-state index in [-0.39, 0.29) is 34.9 Å². The minimum Gasteiger partial charge on any atom is -0.343 e. The van der Waals surface area contributed by atoms with Crippen LogP contribution in [0.4, 0.5) is 27.6 Å². The average molecular weight is 649 g/mol. The van der Waals surface area contributed by atoms with Gasteiger partial charge in [-0.1, -0.05) is 13.0 Å². The molecular weight excluding hydrogens is 619 g/mol. The SMILES string of the molecule is CC1CN=c2c(ccc3[nH]c(C(=O)c4cc(F)c(NC(=O)/C=C/CNC5(C)CC5)c(F)c4)nc23)=C2C=C(C(F)(F)F)Cn3ccc1c32. The number of hydrogen-bond acceptors (Lipinski definition) is 5. The predicted molar refractivity (Wildman–Crippen MR) is 164 cm³/mol. The van der Waals surface area contributed by atoms with Crippen LogP contribution in [0, 0.1) is 11.6 Å². The summed E-state index contributed by atoms with van der Waals surface area (Å²) < 4.78 is 73.3. The highest BCUT2D eigenvalue weighted by Gasteiger charge is 2.38. The van der Waals surface area contributed by atoms with Gasteiger partial charge in [0.2, 0.25) is 11.7 Å². The lowest BCUT2D eigenvalue weighted by atomic mass is 9.92. The summed E-state index contributed by atoms with van der Waals surface area (Å²) in [7, 11) is 0. The third-order valence-corrected chi connectivity index (χ3v) is 8.93. The van der Waals surface area contributed by atoms with Crippen molar-refractivity contribution in [3.63, 3.8) is 0 Å². The summed E-state index contributed by atoms with van der Waals surface area (Å²) in [6.45, 7) is 4.42. The Morgan fingerprint density at radius 3 is 2.60 bits per heavy atom. The monoisotopic (exact) mass is 648 g/mol. The van der Waals surface area contributed by atoms with Crippen molar-refractivity contribution in [1.82, 2.24) is 19.9 Å². The Hall–Kier alpha value is -4.91. The molecule has 3 N–H and O–H groups in total. The topological polar surface area (TPSA) is 104 Å². The van der Waals surface area contributed by atoms with Crippen LogP contribution >= 0.6 is 0 Å². The van der Waals surface area contributed by atoms with E-state index in [0.29, 0.717) is 40.4 Å². The molecule has 7 rings (SSSR count). The van der Waals surface area contributed by atoms with E-state index in [1.165, 1.54) is 6.08 Å². The molecule has 0 saturated heterocycles. The molecule has 1 amide bonds. The number of carbonyl (C=O) groups is 2. The van der Waals surface area contributed by atoms with Crippen LogP contribution in [0.15, 0.2) is 65.3 Å². The number of halogens is 5. The number of aromatic nitrogens is 3. The largest absolute Gasteiger partial charge is 0.414 e. The number of amides is 1. The normalized spacial score (nSPS) is 18.2. The maximum atomic E-state index is 15.0. The van der Waals surface area contributed by atoms with Crippen molar-refractivity contribution in [2.45, 2.75) is 50.9 Å². The van der Waals surface area contributed by atoms with Crippen LogP contribution in [0.3, 0.4) is 0 Å². The molecule has 2 aromatic carbocycles. The zero-order valence-electron chi connectivity index (χ0n) is 25.4. The lowest BCUT2D eigenvalue weighted by Crippen LogP contribution is -2.33. The molecular formula is C34H29F5N6O2. The fourth-order valence-corrected chi connectivity index (χ4v) is 6.01. The van der Waals surface area contributed by atoms with Gasteiger partial charge >= 0.3 is 6.18 Å². The van der Waals surface area contributed by atoms with Crippen molar-refractivity contribution in [3.8, 4) is 0 Å². The quantitative estimate of drug-likeness (QED) is 0.150. The van der Waals surface area contributed by atoms with Crippen LogP contribution < -0.4 is 21.2 Å². The first-order valence-electron chi connectivity index (χ1n) is 15.1. The fourth-order valence-electron chi connectivity index (χ4n) is 6.01. The van der Waals surface area contributed by atoms with Crippen molar-refractivity contribution >= 4 is 34.0 Å². The van der Waals surface area contributed by atoms with Gasteiger partial charge in [-0.3, -0.25) is 14.6 Å². The van der Waals surface area contributed by atoms with Gasteiger partial charge in [-0.15, -0.1) is 0 Å². The zero-order chi connectivity index (χ0) is 33.2. The number of aromatic amines is 1. The summed E-state index contributed by atoms with van der Waals surface area (Å²) in [5, 5.41) is 6.15. The van der Waals surface area contributed by atoms with Crippen molar-refractivity contribution in [2.75, 3.05) is 18.4 Å². The molecule has 4 aromatic rings. The maximum Gasteiger partial charge on any atom is 0.414 e. The summed E-state index contributed by atoms with van der Waals surface area (Å²) in [4.78, 5) is 37.7. The summed E-state index contributed by atoms with van der Waals surface area (Å²) in [5.74, 6) is -4.21. The van der Waals surface area contributed by atoms with E-state index in [1.807, 2.05) is 13.0 Å². The van der Waals surface area contributed by atoms with E-state index < -0.39 is 40.8 Å². The van der Waals surface area contributed by atoms with Gasteiger partial charge in [0.05, 0.1) is 28.7 Å². The minimum absolute atomic E-state index is 0.0655. The number of imidazole rings is 1. The molecule has 3 aliphatic rings. The lowest BCUT2D eigenvalue weighted by molar-refractivity contribution is -0.112. The van der Waals surface area contributed by atoms with Crippen molar-refractivity contribution in [1.29, 1.82) is 0 Å². The number of ketones is 1. The number of benzene rings is 2. The highest BCUT2D eigenvalue weighted by atomic mass is 19.4. The Morgan fingerprint density at radius 2 is 1.89 bits per heavy atom.